The second kappa shape index (κ2) is 24.8. The number of hydrogen-bond donors (Lipinski definition) is 2. The van der Waals surface area contributed by atoms with Crippen molar-refractivity contribution >= 4 is 19.8 Å². The Balaban J connectivity index is 4.08. The highest BCUT2D eigenvalue weighted by Gasteiger charge is 2.22. The number of esters is 2. The van der Waals surface area contributed by atoms with Crippen molar-refractivity contribution in [3.63, 3.8) is 0 Å². The average Bonchev–Trinajstić information content (AvgIpc) is 2.86. The largest absolute Gasteiger partial charge is 0.469 e. The smallest absolute Gasteiger partial charge is 0.462 e. The van der Waals surface area contributed by atoms with Gasteiger partial charge in [0.2, 0.25) is 0 Å². The summed E-state index contributed by atoms with van der Waals surface area (Å²) >= 11 is 0. The lowest BCUT2D eigenvalue weighted by Gasteiger charge is -2.18. The second-order valence-corrected chi connectivity index (χ2v) is 9.52. The van der Waals surface area contributed by atoms with Crippen LogP contribution < -0.4 is 0 Å². The lowest BCUT2D eigenvalue weighted by Crippen LogP contribution is -2.29. The maximum atomic E-state index is 12.1. The van der Waals surface area contributed by atoms with Crippen LogP contribution in [-0.2, 0) is 28.2 Å². The molecule has 0 amide bonds. The molecule has 8 nitrogen and oxygen atoms in total. The number of hydrogen-bond acceptors (Lipinski definition) is 6. The van der Waals surface area contributed by atoms with E-state index in [1.54, 1.807) is 0 Å². The van der Waals surface area contributed by atoms with E-state index in [2.05, 4.69) is 66.1 Å². The van der Waals surface area contributed by atoms with E-state index in [0.717, 1.165) is 38.5 Å². The van der Waals surface area contributed by atoms with Crippen molar-refractivity contribution in [1.29, 1.82) is 0 Å². The predicted molar refractivity (Wildman–Crippen MR) is 151 cm³/mol. The first kappa shape index (κ1) is 35.5. The van der Waals surface area contributed by atoms with Crippen LogP contribution in [0.3, 0.4) is 0 Å². The average molecular weight is 553 g/mol. The van der Waals surface area contributed by atoms with E-state index in [4.69, 9.17) is 19.3 Å². The molecule has 0 aromatic rings. The molecular formula is C29H45O8P. The minimum atomic E-state index is -4.74. The number of allylic oxidation sites excluding steroid dienone is 12. The van der Waals surface area contributed by atoms with Crippen LogP contribution in [0.25, 0.3) is 0 Å². The molecule has 0 saturated heterocycles. The number of phosphoric ester groups is 1. The van der Waals surface area contributed by atoms with E-state index in [1.807, 2.05) is 25.2 Å². The predicted octanol–water partition coefficient (Wildman–Crippen LogP) is 6.83. The summed E-state index contributed by atoms with van der Waals surface area (Å²) in [7, 11) is -4.74. The Labute approximate surface area is 228 Å². The van der Waals surface area contributed by atoms with Crippen LogP contribution in [0.5, 0.6) is 0 Å². The van der Waals surface area contributed by atoms with Gasteiger partial charge in [0, 0.05) is 12.8 Å². The van der Waals surface area contributed by atoms with Crippen LogP contribution >= 0.6 is 7.82 Å². The van der Waals surface area contributed by atoms with Crippen molar-refractivity contribution in [1.82, 2.24) is 0 Å². The minimum absolute atomic E-state index is 0.0808. The molecule has 38 heavy (non-hydrogen) atoms. The summed E-state index contributed by atoms with van der Waals surface area (Å²) in [6, 6.07) is 0. The van der Waals surface area contributed by atoms with Crippen molar-refractivity contribution in [3.05, 3.63) is 72.9 Å². The van der Waals surface area contributed by atoms with Gasteiger partial charge in [-0.25, -0.2) is 4.57 Å². The zero-order valence-corrected chi connectivity index (χ0v) is 23.7. The lowest BCUT2D eigenvalue weighted by molar-refractivity contribution is -0.161. The minimum Gasteiger partial charge on any atom is -0.462 e. The Hall–Kier alpha value is -2.51. The third kappa shape index (κ3) is 26.6. The molecular weight excluding hydrogens is 507 g/mol. The first-order valence-electron chi connectivity index (χ1n) is 13.2. The van der Waals surface area contributed by atoms with E-state index >= 15 is 0 Å². The molecule has 0 saturated carbocycles. The zero-order valence-electron chi connectivity index (χ0n) is 22.8. The van der Waals surface area contributed by atoms with Crippen molar-refractivity contribution in [2.24, 2.45) is 0 Å². The molecule has 0 heterocycles. The van der Waals surface area contributed by atoms with Gasteiger partial charge in [-0.1, -0.05) is 86.8 Å². The van der Waals surface area contributed by atoms with E-state index in [0.29, 0.717) is 12.8 Å². The van der Waals surface area contributed by atoms with Crippen LogP contribution in [0, 0.1) is 0 Å². The van der Waals surface area contributed by atoms with Gasteiger partial charge in [-0.2, -0.15) is 0 Å². The third-order valence-electron chi connectivity index (χ3n) is 4.72. The molecule has 0 aliphatic carbocycles. The lowest BCUT2D eigenvalue weighted by atomic mass is 10.2. The van der Waals surface area contributed by atoms with E-state index in [1.165, 1.54) is 0 Å². The van der Waals surface area contributed by atoms with Crippen molar-refractivity contribution < 1.29 is 37.9 Å². The maximum Gasteiger partial charge on any atom is 0.469 e. The fraction of sp³-hybridized carbons (Fsp3) is 0.517. The van der Waals surface area contributed by atoms with Gasteiger partial charge in [-0.05, 0) is 51.4 Å². The molecule has 9 heteroatoms. The van der Waals surface area contributed by atoms with E-state index in [-0.39, 0.29) is 19.4 Å². The fourth-order valence-electron chi connectivity index (χ4n) is 2.84. The van der Waals surface area contributed by atoms with Gasteiger partial charge in [-0.3, -0.25) is 14.1 Å². The molecule has 1 atom stereocenters. The Morgan fingerprint density at radius 2 is 1.16 bits per heavy atom. The Morgan fingerprint density at radius 3 is 1.61 bits per heavy atom. The van der Waals surface area contributed by atoms with Gasteiger partial charge < -0.3 is 19.3 Å². The number of carbonyl (C=O) groups excluding carboxylic acids is 2. The Bertz CT molecular complexity index is 849. The van der Waals surface area contributed by atoms with Crippen LogP contribution in [0.1, 0.15) is 78.1 Å². The summed E-state index contributed by atoms with van der Waals surface area (Å²) < 4.78 is 25.4. The molecule has 0 bridgehead atoms. The highest BCUT2D eigenvalue weighted by Crippen LogP contribution is 2.35. The summed E-state index contributed by atoms with van der Waals surface area (Å²) in [5.74, 6) is -1.06. The third-order valence-corrected chi connectivity index (χ3v) is 5.21. The second-order valence-electron chi connectivity index (χ2n) is 8.29. The Morgan fingerprint density at radius 1 is 0.684 bits per heavy atom. The Kier molecular flexibility index (Phi) is 23.2. The summed E-state index contributed by atoms with van der Waals surface area (Å²) in [6.45, 7) is 3.04. The molecule has 1 unspecified atom stereocenters. The summed E-state index contributed by atoms with van der Waals surface area (Å²) in [5, 5.41) is 0. The molecule has 0 aromatic heterocycles. The molecule has 0 spiro atoms. The molecule has 0 aliphatic rings. The molecule has 0 aliphatic heterocycles. The standard InChI is InChI=1S/C29H45O8P/c1-3-5-6-7-8-9-10-11-12-13-14-15-16-17-18-19-20-21-22-24-29(31)37-27(26-36-38(32,33)34)25-35-28(30)23-4-2/h5-6,8-9,11-12,14-15,17-18,20-21,27H,3-4,7,10,13,16,19,22-26H2,1-2H3,(H2,32,33,34)/b6-5-,9-8-,12-11-,15-14-,18-17-,21-20-. The van der Waals surface area contributed by atoms with Gasteiger partial charge in [0.15, 0.2) is 6.10 Å². The van der Waals surface area contributed by atoms with Crippen molar-refractivity contribution in [3.8, 4) is 0 Å². The van der Waals surface area contributed by atoms with Crippen molar-refractivity contribution in [2.75, 3.05) is 13.2 Å². The van der Waals surface area contributed by atoms with Gasteiger partial charge in [0.05, 0.1) is 6.61 Å². The van der Waals surface area contributed by atoms with Crippen LogP contribution in [0.4, 0.5) is 0 Å². The van der Waals surface area contributed by atoms with E-state index in [9.17, 15) is 14.2 Å². The van der Waals surface area contributed by atoms with Crippen LogP contribution in [0.15, 0.2) is 72.9 Å². The number of carbonyl (C=O) groups is 2. The molecule has 0 rings (SSSR count). The van der Waals surface area contributed by atoms with Crippen molar-refractivity contribution in [2.45, 2.75) is 84.2 Å². The summed E-state index contributed by atoms with van der Waals surface area (Å²) in [4.78, 5) is 41.3. The van der Waals surface area contributed by atoms with Crippen LogP contribution in [0.2, 0.25) is 0 Å². The molecule has 2 N–H and O–H groups in total. The molecule has 0 radical (unpaired) electrons. The summed E-state index contributed by atoms with van der Waals surface area (Å²) in [5.41, 5.74) is 0. The van der Waals surface area contributed by atoms with E-state index < -0.39 is 32.5 Å². The first-order chi connectivity index (χ1) is 18.3. The monoisotopic (exact) mass is 552 g/mol. The maximum absolute atomic E-state index is 12.1. The quantitative estimate of drug-likeness (QED) is 0.0852. The van der Waals surface area contributed by atoms with Gasteiger partial charge in [-0.15, -0.1) is 0 Å². The molecule has 0 fully saturated rings. The highest BCUT2D eigenvalue weighted by atomic mass is 31.2. The topological polar surface area (TPSA) is 119 Å². The SMILES string of the molecule is CC/C=C\C/C=C\C/C=C\C/C=C\C/C=C\C/C=C\CCC(=O)OC(COC(=O)CCC)COP(=O)(O)O. The van der Waals surface area contributed by atoms with Crippen LogP contribution in [-0.4, -0.2) is 41.0 Å². The fourth-order valence-corrected chi connectivity index (χ4v) is 3.20. The van der Waals surface area contributed by atoms with Gasteiger partial charge in [0.25, 0.3) is 0 Å². The summed E-state index contributed by atoms with van der Waals surface area (Å²) in [6.07, 6.45) is 31.0. The van der Waals surface area contributed by atoms with Gasteiger partial charge >= 0.3 is 19.8 Å². The zero-order chi connectivity index (χ0) is 28.3. The number of ether oxygens (including phenoxy) is 2. The highest BCUT2D eigenvalue weighted by molar-refractivity contribution is 7.46. The first-order valence-corrected chi connectivity index (χ1v) is 14.8. The number of phosphoric acid groups is 1. The molecule has 0 aromatic carbocycles. The number of rotatable bonds is 22. The normalized spacial score (nSPS) is 13.7. The van der Waals surface area contributed by atoms with Gasteiger partial charge in [0.1, 0.15) is 6.61 Å². The molecule has 214 valence electrons.